The Balaban J connectivity index is 1.22. The zero-order valence-electron chi connectivity index (χ0n) is 24.6. The molecule has 6 nitrogen and oxygen atoms in total. The fourth-order valence-corrected chi connectivity index (χ4v) is 7.57. The Labute approximate surface area is 234 Å². The van der Waals surface area contributed by atoms with Crippen molar-refractivity contribution in [2.75, 3.05) is 19.6 Å². The maximum absolute atomic E-state index is 5.25. The molecule has 0 spiro atoms. The summed E-state index contributed by atoms with van der Waals surface area (Å²) in [6, 6.07) is 14.1. The third-order valence-corrected chi connectivity index (χ3v) is 10.2. The van der Waals surface area contributed by atoms with E-state index in [2.05, 4.69) is 98.5 Å². The zero-order valence-corrected chi connectivity index (χ0v) is 24.6. The number of H-pyrrole nitrogens is 1. The number of piperazine rings is 1. The molecule has 0 amide bonds. The molecule has 4 fully saturated rings. The van der Waals surface area contributed by atoms with Gasteiger partial charge < -0.3 is 20.5 Å². The van der Waals surface area contributed by atoms with Crippen molar-refractivity contribution in [3.8, 4) is 0 Å². The summed E-state index contributed by atoms with van der Waals surface area (Å²) in [6.45, 7) is 17.0. The molecule has 6 heteroatoms. The van der Waals surface area contributed by atoms with Crippen LogP contribution in [0.5, 0.6) is 0 Å². The first kappa shape index (κ1) is 26.4. The lowest BCUT2D eigenvalue weighted by atomic mass is 9.45. The van der Waals surface area contributed by atoms with Gasteiger partial charge in [-0.15, -0.1) is 0 Å². The topological polar surface area (TPSA) is 68.3 Å². The van der Waals surface area contributed by atoms with Crippen molar-refractivity contribution >= 4 is 22.7 Å². The second-order valence-electron chi connectivity index (χ2n) is 13.3. The Morgan fingerprint density at radius 1 is 1.10 bits per heavy atom. The number of hydrogen-bond donors (Lipinski definition) is 3. The lowest BCUT2D eigenvalue weighted by Gasteiger charge is -2.62. The van der Waals surface area contributed by atoms with E-state index in [1.165, 1.54) is 29.5 Å². The summed E-state index contributed by atoms with van der Waals surface area (Å²) >= 11 is 0. The minimum Gasteiger partial charge on any atom is -0.353 e. The van der Waals surface area contributed by atoms with E-state index in [1.54, 1.807) is 0 Å². The number of aromatic amines is 1. The molecule has 2 bridgehead atoms. The van der Waals surface area contributed by atoms with Crippen molar-refractivity contribution in [1.29, 1.82) is 0 Å². The summed E-state index contributed by atoms with van der Waals surface area (Å²) in [5.41, 5.74) is 7.61. The molecule has 4 aliphatic rings. The Morgan fingerprint density at radius 2 is 1.95 bits per heavy atom. The molecule has 39 heavy (non-hydrogen) atoms. The van der Waals surface area contributed by atoms with E-state index in [0.29, 0.717) is 23.4 Å². The molecular formula is C33H46N6. The van der Waals surface area contributed by atoms with Gasteiger partial charge in [-0.25, -0.2) is 9.98 Å². The van der Waals surface area contributed by atoms with Gasteiger partial charge >= 0.3 is 0 Å². The van der Waals surface area contributed by atoms with Crippen LogP contribution in [-0.2, 0) is 12.8 Å². The molecule has 0 radical (unpaired) electrons. The van der Waals surface area contributed by atoms with Gasteiger partial charge in [0.15, 0.2) is 5.96 Å². The molecule has 1 saturated heterocycles. The van der Waals surface area contributed by atoms with Crippen LogP contribution in [0.4, 0.5) is 5.69 Å². The van der Waals surface area contributed by atoms with Gasteiger partial charge in [0, 0.05) is 38.1 Å². The Bertz CT molecular complexity index is 1370. The van der Waals surface area contributed by atoms with Crippen molar-refractivity contribution in [1.82, 2.24) is 25.5 Å². The maximum Gasteiger partial charge on any atom is 0.199 e. The average molecular weight is 527 g/mol. The van der Waals surface area contributed by atoms with E-state index < -0.39 is 0 Å². The molecule has 2 aromatic carbocycles. The third kappa shape index (κ3) is 5.20. The molecule has 208 valence electrons. The van der Waals surface area contributed by atoms with Crippen molar-refractivity contribution in [2.45, 2.75) is 79.3 Å². The molecule has 2 heterocycles. The second-order valence-corrected chi connectivity index (χ2v) is 13.3. The number of guanidine groups is 1. The van der Waals surface area contributed by atoms with Crippen LogP contribution in [0.2, 0.25) is 0 Å². The van der Waals surface area contributed by atoms with Gasteiger partial charge in [-0.3, -0.25) is 0 Å². The number of aromatic nitrogens is 2. The minimum absolute atomic E-state index is 0.455. The third-order valence-electron chi connectivity index (χ3n) is 10.2. The van der Waals surface area contributed by atoms with E-state index in [4.69, 9.17) is 9.98 Å². The van der Waals surface area contributed by atoms with Crippen LogP contribution in [0.25, 0.3) is 11.0 Å². The van der Waals surface area contributed by atoms with Gasteiger partial charge in [-0.2, -0.15) is 0 Å². The number of aliphatic imine (C=N–C) groups is 1. The van der Waals surface area contributed by atoms with Gasteiger partial charge in [-0.1, -0.05) is 44.5 Å². The molecule has 1 aromatic heterocycles. The summed E-state index contributed by atoms with van der Waals surface area (Å²) in [5.74, 6) is 4.36. The van der Waals surface area contributed by atoms with E-state index in [1.807, 2.05) is 0 Å². The highest BCUT2D eigenvalue weighted by molar-refractivity contribution is 5.86. The quantitative estimate of drug-likeness (QED) is 0.286. The highest BCUT2D eigenvalue weighted by atomic mass is 15.3. The molecule has 7 rings (SSSR count). The van der Waals surface area contributed by atoms with Crippen LogP contribution < -0.4 is 10.6 Å². The van der Waals surface area contributed by atoms with E-state index >= 15 is 0 Å². The molecule has 0 unspecified atom stereocenters. The van der Waals surface area contributed by atoms with Crippen molar-refractivity contribution < 1.29 is 0 Å². The maximum atomic E-state index is 5.25. The summed E-state index contributed by atoms with van der Waals surface area (Å²) in [5, 5.41) is 7.55. The van der Waals surface area contributed by atoms with E-state index in [-0.39, 0.29) is 0 Å². The fourth-order valence-electron chi connectivity index (χ4n) is 7.57. The van der Waals surface area contributed by atoms with E-state index in [0.717, 1.165) is 72.8 Å². The van der Waals surface area contributed by atoms with Gasteiger partial charge in [-0.05, 0) is 92.5 Å². The summed E-state index contributed by atoms with van der Waals surface area (Å²) in [4.78, 5) is 16.2. The summed E-state index contributed by atoms with van der Waals surface area (Å²) in [7, 11) is 0. The smallest absolute Gasteiger partial charge is 0.199 e. The number of hydrogen-bond acceptors (Lipinski definition) is 3. The molecular weight excluding hydrogens is 480 g/mol. The standard InChI is InChI=1S/C33H46N6/c1-20-7-8-24(21(2)15-20)9-12-31-36-28-11-10-26(18-30(28)37-31)35-32(39-14-13-34-22(3)19-39)38-29-17-25-16-27(23(29)4)33(25,5)6/h7-8,10-11,15,18,22-23,25,27,29,34H,9,12-14,16-17,19H2,1-6H3,(H,35,38)(H,36,37)/t22-,23+,25-,27-,29-/m0/s1. The molecule has 3 aromatic rings. The van der Waals surface area contributed by atoms with Crippen molar-refractivity contribution in [3.05, 3.63) is 58.9 Å². The summed E-state index contributed by atoms with van der Waals surface area (Å²) in [6.07, 6.45) is 4.53. The first-order valence-corrected chi connectivity index (χ1v) is 15.1. The first-order chi connectivity index (χ1) is 18.7. The van der Waals surface area contributed by atoms with Crippen LogP contribution in [0, 0.1) is 37.0 Å². The first-order valence-electron chi connectivity index (χ1n) is 15.1. The number of nitrogens with one attached hydrogen (secondary N) is 3. The van der Waals surface area contributed by atoms with Crippen LogP contribution >= 0.6 is 0 Å². The molecule has 1 aliphatic heterocycles. The van der Waals surface area contributed by atoms with Crippen LogP contribution in [0.15, 0.2) is 41.4 Å². The number of aryl methyl sites for hydroxylation is 4. The fraction of sp³-hybridized carbons (Fsp3) is 0.576. The van der Waals surface area contributed by atoms with Crippen molar-refractivity contribution in [3.63, 3.8) is 0 Å². The molecule has 3 saturated carbocycles. The predicted molar refractivity (Wildman–Crippen MR) is 162 cm³/mol. The molecule has 5 atom stereocenters. The Kier molecular flexibility index (Phi) is 6.95. The Hall–Kier alpha value is -2.86. The number of rotatable bonds is 5. The number of nitrogens with zero attached hydrogens (tertiary/aromatic N) is 3. The highest BCUT2D eigenvalue weighted by Crippen LogP contribution is 2.61. The molecule has 3 N–H and O–H groups in total. The lowest BCUT2D eigenvalue weighted by Crippen LogP contribution is -2.63. The number of imidazole rings is 1. The van der Waals surface area contributed by atoms with Gasteiger partial charge in [0.1, 0.15) is 5.82 Å². The number of fused-ring (bicyclic) bond motifs is 3. The predicted octanol–water partition coefficient (Wildman–Crippen LogP) is 5.91. The molecule has 3 aliphatic carbocycles. The van der Waals surface area contributed by atoms with Gasteiger partial charge in [0.25, 0.3) is 0 Å². The zero-order chi connectivity index (χ0) is 27.3. The average Bonchev–Trinajstić information content (AvgIpc) is 3.30. The minimum atomic E-state index is 0.455. The van der Waals surface area contributed by atoms with Gasteiger partial charge in [0.05, 0.1) is 16.7 Å². The van der Waals surface area contributed by atoms with Crippen LogP contribution in [-0.4, -0.2) is 52.5 Å². The SMILES string of the molecule is Cc1ccc(CCc2nc3ccc(N=C(N[C@H]4C[C@@H]5C[C@@H]([C@H]4C)C5(C)C)N4CCN[C@@H](C)C4)cc3[nH]2)c(C)c1. The Morgan fingerprint density at radius 3 is 2.69 bits per heavy atom. The largest absolute Gasteiger partial charge is 0.353 e. The number of benzene rings is 2. The van der Waals surface area contributed by atoms with Crippen LogP contribution in [0.3, 0.4) is 0 Å². The highest BCUT2D eigenvalue weighted by Gasteiger charge is 2.56. The van der Waals surface area contributed by atoms with Crippen LogP contribution in [0.1, 0.15) is 63.1 Å². The summed E-state index contributed by atoms with van der Waals surface area (Å²) < 4.78 is 0. The van der Waals surface area contributed by atoms with Crippen molar-refractivity contribution in [2.24, 2.45) is 28.2 Å². The lowest BCUT2D eigenvalue weighted by molar-refractivity contribution is -0.112. The van der Waals surface area contributed by atoms with E-state index in [9.17, 15) is 0 Å². The van der Waals surface area contributed by atoms with Gasteiger partial charge in [0.2, 0.25) is 0 Å². The second kappa shape index (κ2) is 10.3. The monoisotopic (exact) mass is 526 g/mol. The normalized spacial score (nSPS) is 28.4.